The maximum absolute atomic E-state index is 13.8. The first-order chi connectivity index (χ1) is 12.6. The second-order valence-corrected chi connectivity index (χ2v) is 5.40. The van der Waals surface area contributed by atoms with Gasteiger partial charge in [0.05, 0.1) is 5.69 Å². The molecule has 0 saturated heterocycles. The van der Waals surface area contributed by atoms with Crippen molar-refractivity contribution in [3.8, 4) is 11.3 Å². The molecule has 0 atom stereocenters. The number of hydrogen-bond donors (Lipinski definition) is 3. The number of pyridine rings is 1. The van der Waals surface area contributed by atoms with E-state index in [1.165, 1.54) is 6.07 Å². The second-order valence-electron chi connectivity index (χ2n) is 5.40. The summed E-state index contributed by atoms with van der Waals surface area (Å²) in [5, 5.41) is 14.5. The lowest BCUT2D eigenvalue weighted by molar-refractivity contribution is -0.134. The fourth-order valence-electron chi connectivity index (χ4n) is 2.26. The van der Waals surface area contributed by atoms with E-state index in [1.54, 1.807) is 42.7 Å². The molecule has 0 aliphatic rings. The summed E-state index contributed by atoms with van der Waals surface area (Å²) in [5.41, 5.74) is 1.81. The topological polar surface area (TPSA) is 100 Å². The summed E-state index contributed by atoms with van der Waals surface area (Å²) >= 11 is 0. The molecule has 0 aliphatic heterocycles. The van der Waals surface area contributed by atoms with E-state index in [9.17, 15) is 9.18 Å². The molecule has 0 fully saturated rings. The lowest BCUT2D eigenvalue weighted by Gasteiger charge is -2.11. The van der Waals surface area contributed by atoms with Crippen LogP contribution in [-0.4, -0.2) is 32.6 Å². The van der Waals surface area contributed by atoms with E-state index in [4.69, 9.17) is 5.11 Å². The van der Waals surface area contributed by atoms with Crippen molar-refractivity contribution in [2.75, 3.05) is 17.2 Å². The summed E-state index contributed by atoms with van der Waals surface area (Å²) < 4.78 is 13.8. The molecule has 0 amide bonds. The molecule has 2 heterocycles. The molecular weight excluding hydrogens is 337 g/mol. The molecule has 0 saturated carbocycles. The van der Waals surface area contributed by atoms with Gasteiger partial charge in [0.2, 0.25) is 5.95 Å². The Balaban J connectivity index is 1.86. The number of carbonyl (C=O) groups is 1. The number of hydrogen-bond acceptors (Lipinski definition) is 6. The number of nitrogens with one attached hydrogen (secondary N) is 2. The summed E-state index contributed by atoms with van der Waals surface area (Å²) in [5.74, 6) is -0.744. The summed E-state index contributed by atoms with van der Waals surface area (Å²) in [6, 6.07) is 11.7. The van der Waals surface area contributed by atoms with Crippen LogP contribution < -0.4 is 10.6 Å². The number of rotatable bonds is 7. The predicted molar refractivity (Wildman–Crippen MR) is 95.1 cm³/mol. The van der Waals surface area contributed by atoms with Gasteiger partial charge in [0.15, 0.2) is 0 Å². The van der Waals surface area contributed by atoms with Gasteiger partial charge in [-0.15, -0.1) is 0 Å². The van der Waals surface area contributed by atoms with Crippen LogP contribution in [0, 0.1) is 5.82 Å². The van der Waals surface area contributed by atoms with E-state index in [2.05, 4.69) is 25.6 Å². The molecule has 0 radical (unpaired) electrons. The number of halogens is 1. The van der Waals surface area contributed by atoms with Crippen LogP contribution in [0.4, 0.5) is 16.2 Å². The monoisotopic (exact) mass is 353 g/mol. The summed E-state index contributed by atoms with van der Waals surface area (Å²) in [6.07, 6.45) is 3.29. The Bertz CT molecular complexity index is 905. The van der Waals surface area contributed by atoms with Crippen LogP contribution in [0.2, 0.25) is 0 Å². The number of benzene rings is 1. The quantitative estimate of drug-likeness (QED) is 0.600. The van der Waals surface area contributed by atoms with Crippen LogP contribution in [0.5, 0.6) is 0 Å². The van der Waals surface area contributed by atoms with Crippen molar-refractivity contribution in [3.05, 3.63) is 66.2 Å². The van der Waals surface area contributed by atoms with Gasteiger partial charge in [-0.3, -0.25) is 9.78 Å². The van der Waals surface area contributed by atoms with E-state index in [-0.39, 0.29) is 24.9 Å². The highest BCUT2D eigenvalue weighted by Crippen LogP contribution is 2.21. The van der Waals surface area contributed by atoms with Crippen LogP contribution in [0.25, 0.3) is 11.3 Å². The van der Waals surface area contributed by atoms with Gasteiger partial charge in [0.1, 0.15) is 18.2 Å². The zero-order valence-electron chi connectivity index (χ0n) is 13.7. The van der Waals surface area contributed by atoms with Gasteiger partial charge in [-0.05, 0) is 18.2 Å². The van der Waals surface area contributed by atoms with Gasteiger partial charge in [0, 0.05) is 36.1 Å². The van der Waals surface area contributed by atoms with Crippen molar-refractivity contribution in [3.63, 3.8) is 0 Å². The van der Waals surface area contributed by atoms with Crippen LogP contribution in [0.15, 0.2) is 54.9 Å². The highest BCUT2D eigenvalue weighted by molar-refractivity contribution is 5.72. The van der Waals surface area contributed by atoms with Gasteiger partial charge in [-0.1, -0.05) is 18.2 Å². The first-order valence-electron chi connectivity index (χ1n) is 7.84. The minimum atomic E-state index is -1.03. The van der Waals surface area contributed by atoms with Crippen molar-refractivity contribution < 1.29 is 14.3 Å². The first kappa shape index (κ1) is 17.3. The summed E-state index contributed by atoms with van der Waals surface area (Å²) in [6.45, 7) is -0.0855. The fourth-order valence-corrected chi connectivity index (χ4v) is 2.26. The number of aliphatic carboxylic acids is 1. The van der Waals surface area contributed by atoms with E-state index >= 15 is 0 Å². The third kappa shape index (κ3) is 4.50. The number of anilines is 2. The van der Waals surface area contributed by atoms with Crippen LogP contribution >= 0.6 is 0 Å². The van der Waals surface area contributed by atoms with Crippen molar-refractivity contribution in [2.24, 2.45) is 0 Å². The van der Waals surface area contributed by atoms with E-state index in [0.717, 1.165) is 5.56 Å². The zero-order valence-corrected chi connectivity index (χ0v) is 13.7. The molecule has 132 valence electrons. The van der Waals surface area contributed by atoms with Gasteiger partial charge in [0.25, 0.3) is 0 Å². The molecule has 1 aromatic carbocycles. The Morgan fingerprint density at radius 3 is 2.69 bits per heavy atom. The average molecular weight is 353 g/mol. The van der Waals surface area contributed by atoms with Crippen molar-refractivity contribution in [1.82, 2.24) is 15.0 Å². The van der Waals surface area contributed by atoms with Crippen LogP contribution in [0.3, 0.4) is 0 Å². The van der Waals surface area contributed by atoms with Gasteiger partial charge in [-0.25, -0.2) is 9.37 Å². The Morgan fingerprint density at radius 1 is 1.12 bits per heavy atom. The molecule has 2 aromatic heterocycles. The van der Waals surface area contributed by atoms with Crippen LogP contribution in [0.1, 0.15) is 5.56 Å². The normalized spacial score (nSPS) is 10.3. The predicted octanol–water partition coefficient (Wildman–Crippen LogP) is 2.79. The van der Waals surface area contributed by atoms with E-state index in [0.29, 0.717) is 17.1 Å². The van der Waals surface area contributed by atoms with Crippen molar-refractivity contribution in [2.45, 2.75) is 6.54 Å². The van der Waals surface area contributed by atoms with Gasteiger partial charge in [-0.2, -0.15) is 4.98 Å². The van der Waals surface area contributed by atoms with Gasteiger partial charge >= 0.3 is 5.97 Å². The molecule has 3 N–H and O–H groups in total. The van der Waals surface area contributed by atoms with Crippen LogP contribution in [-0.2, 0) is 11.3 Å². The third-order valence-electron chi connectivity index (χ3n) is 3.50. The Hall–Kier alpha value is -3.55. The average Bonchev–Trinajstić information content (AvgIpc) is 2.66. The minimum Gasteiger partial charge on any atom is -0.480 e. The zero-order chi connectivity index (χ0) is 18.4. The minimum absolute atomic E-state index is 0.157. The van der Waals surface area contributed by atoms with E-state index in [1.807, 2.05) is 6.07 Å². The molecule has 0 unspecified atom stereocenters. The smallest absolute Gasteiger partial charge is 0.322 e. The maximum Gasteiger partial charge on any atom is 0.322 e. The third-order valence-corrected chi connectivity index (χ3v) is 3.50. The fraction of sp³-hybridized carbons (Fsp3) is 0.111. The Labute approximate surface area is 149 Å². The van der Waals surface area contributed by atoms with Crippen molar-refractivity contribution >= 4 is 17.7 Å². The van der Waals surface area contributed by atoms with Gasteiger partial charge < -0.3 is 15.7 Å². The van der Waals surface area contributed by atoms with E-state index < -0.39 is 5.97 Å². The molecule has 0 spiro atoms. The largest absolute Gasteiger partial charge is 0.480 e. The number of aromatic nitrogens is 3. The molecule has 3 aromatic rings. The number of carboxylic acids is 1. The first-order valence-corrected chi connectivity index (χ1v) is 7.84. The Kier molecular flexibility index (Phi) is 5.33. The molecule has 8 heteroatoms. The lowest BCUT2D eigenvalue weighted by Crippen LogP contribution is -2.15. The maximum atomic E-state index is 13.8. The van der Waals surface area contributed by atoms with Crippen molar-refractivity contribution in [1.29, 1.82) is 0 Å². The summed E-state index contributed by atoms with van der Waals surface area (Å²) in [7, 11) is 0. The number of nitrogens with zero attached hydrogens (tertiary/aromatic N) is 3. The second kappa shape index (κ2) is 8.02. The molecule has 26 heavy (non-hydrogen) atoms. The molecular formula is C18H16FN5O2. The molecule has 0 aliphatic carbocycles. The highest BCUT2D eigenvalue weighted by Gasteiger charge is 2.09. The lowest BCUT2D eigenvalue weighted by atomic mass is 10.2. The summed E-state index contributed by atoms with van der Waals surface area (Å²) in [4.78, 5) is 23.4. The highest BCUT2D eigenvalue weighted by atomic mass is 19.1. The molecule has 7 nitrogen and oxygen atoms in total. The number of carboxylic acid groups (broad SMARTS) is 1. The SMILES string of the molecule is O=C(O)CNc1nc(NCc2ccccc2F)cc(-c2cccnc2)n1. The molecule has 3 rings (SSSR count). The molecule has 0 bridgehead atoms. The Morgan fingerprint density at radius 2 is 1.96 bits per heavy atom. The standard InChI is InChI=1S/C18H16FN5O2/c19-14-6-2-1-4-12(14)10-21-16-8-15(13-5-3-7-20-9-13)23-18(24-16)22-11-17(25)26/h1-9H,10-11H2,(H,25,26)(H2,21,22,23,24).